The third-order valence-electron chi connectivity index (χ3n) is 3.27. The number of ether oxygens (including phenoxy) is 3. The molecule has 6 nitrogen and oxygen atoms in total. The minimum Gasteiger partial charge on any atom is -0.493 e. The first-order valence-electron chi connectivity index (χ1n) is 7.76. The topological polar surface area (TPSA) is 82.8 Å². The van der Waals surface area contributed by atoms with Gasteiger partial charge in [0.05, 0.1) is 12.1 Å². The zero-order valence-electron chi connectivity index (χ0n) is 14.0. The molecule has 2 aromatic carbocycles. The molecule has 0 aromatic heterocycles. The van der Waals surface area contributed by atoms with Crippen LogP contribution in [0, 0.1) is 0 Å². The van der Waals surface area contributed by atoms with Crippen molar-refractivity contribution in [2.24, 2.45) is 5.73 Å². The first kappa shape index (κ1) is 18.9. The van der Waals surface area contributed by atoms with Gasteiger partial charge in [-0.2, -0.15) is 0 Å². The highest BCUT2D eigenvalue weighted by Crippen LogP contribution is 2.36. The average molecular weight is 365 g/mol. The van der Waals surface area contributed by atoms with E-state index in [1.807, 2.05) is 30.3 Å². The van der Waals surface area contributed by atoms with Crippen LogP contribution in [0.2, 0.25) is 5.02 Å². The molecule has 2 aromatic rings. The van der Waals surface area contributed by atoms with Crippen molar-refractivity contribution in [2.45, 2.75) is 6.54 Å². The standard InChI is InChI=1S/C18H21ClN2O4/c1-23-16-10-13(9-15(19)18(16)25-12-17(20)22)11-21-7-8-24-14-5-3-2-4-6-14/h2-6,9-10,21H,7-8,11-12H2,1H3,(H2,20,22). The van der Waals surface area contributed by atoms with Crippen molar-refractivity contribution in [2.75, 3.05) is 26.9 Å². The Morgan fingerprint density at radius 1 is 1.20 bits per heavy atom. The van der Waals surface area contributed by atoms with Gasteiger partial charge in [0.15, 0.2) is 18.1 Å². The molecule has 2 rings (SSSR count). The molecule has 0 radical (unpaired) electrons. The molecule has 0 saturated carbocycles. The minimum atomic E-state index is -0.581. The normalized spacial score (nSPS) is 10.3. The van der Waals surface area contributed by atoms with Gasteiger partial charge in [-0.3, -0.25) is 4.79 Å². The van der Waals surface area contributed by atoms with E-state index in [2.05, 4.69) is 5.32 Å². The zero-order chi connectivity index (χ0) is 18.1. The summed E-state index contributed by atoms with van der Waals surface area (Å²) in [7, 11) is 1.51. The highest BCUT2D eigenvalue weighted by atomic mass is 35.5. The summed E-state index contributed by atoms with van der Waals surface area (Å²) < 4.78 is 16.2. The fourth-order valence-corrected chi connectivity index (χ4v) is 2.44. The fraction of sp³-hybridized carbons (Fsp3) is 0.278. The maximum atomic E-state index is 10.8. The molecule has 0 spiro atoms. The van der Waals surface area contributed by atoms with Crippen LogP contribution < -0.4 is 25.3 Å². The van der Waals surface area contributed by atoms with Crippen LogP contribution in [0.4, 0.5) is 0 Å². The van der Waals surface area contributed by atoms with E-state index in [0.717, 1.165) is 11.3 Å². The van der Waals surface area contributed by atoms with Gasteiger partial charge in [0, 0.05) is 13.1 Å². The minimum absolute atomic E-state index is 0.259. The van der Waals surface area contributed by atoms with Crippen LogP contribution in [0.1, 0.15) is 5.56 Å². The number of carbonyl (C=O) groups excluding carboxylic acids is 1. The van der Waals surface area contributed by atoms with E-state index in [4.69, 9.17) is 31.5 Å². The average Bonchev–Trinajstić information content (AvgIpc) is 2.60. The molecular formula is C18H21ClN2O4. The lowest BCUT2D eigenvalue weighted by Crippen LogP contribution is -2.21. The summed E-state index contributed by atoms with van der Waals surface area (Å²) in [6.07, 6.45) is 0. The number of amides is 1. The molecule has 0 heterocycles. The molecule has 1 amide bonds. The van der Waals surface area contributed by atoms with E-state index in [0.29, 0.717) is 36.2 Å². The van der Waals surface area contributed by atoms with Crippen LogP contribution in [-0.4, -0.2) is 32.8 Å². The van der Waals surface area contributed by atoms with Gasteiger partial charge in [0.2, 0.25) is 0 Å². The maximum absolute atomic E-state index is 10.8. The molecule has 0 saturated heterocycles. The van der Waals surface area contributed by atoms with Crippen molar-refractivity contribution in [1.29, 1.82) is 0 Å². The van der Waals surface area contributed by atoms with Gasteiger partial charge >= 0.3 is 0 Å². The lowest BCUT2D eigenvalue weighted by molar-refractivity contribution is -0.119. The van der Waals surface area contributed by atoms with E-state index in [1.54, 1.807) is 12.1 Å². The number of para-hydroxylation sites is 1. The van der Waals surface area contributed by atoms with Crippen molar-refractivity contribution in [3.63, 3.8) is 0 Å². The Balaban J connectivity index is 1.85. The molecule has 0 bridgehead atoms. The number of nitrogens with one attached hydrogen (secondary N) is 1. The second-order valence-corrected chi connectivity index (χ2v) is 5.61. The highest BCUT2D eigenvalue weighted by molar-refractivity contribution is 6.32. The van der Waals surface area contributed by atoms with Gasteiger partial charge in [-0.15, -0.1) is 0 Å². The first-order valence-corrected chi connectivity index (χ1v) is 8.14. The van der Waals surface area contributed by atoms with E-state index >= 15 is 0 Å². The smallest absolute Gasteiger partial charge is 0.255 e. The monoisotopic (exact) mass is 364 g/mol. The van der Waals surface area contributed by atoms with Crippen LogP contribution in [0.3, 0.4) is 0 Å². The Bertz CT molecular complexity index is 695. The molecule has 0 aliphatic carbocycles. The molecule has 7 heteroatoms. The summed E-state index contributed by atoms with van der Waals surface area (Å²) in [5.74, 6) is 1.01. The maximum Gasteiger partial charge on any atom is 0.255 e. The Labute approximate surface area is 151 Å². The van der Waals surface area contributed by atoms with E-state index < -0.39 is 5.91 Å². The number of nitrogens with two attached hydrogens (primary N) is 1. The van der Waals surface area contributed by atoms with Crippen LogP contribution in [-0.2, 0) is 11.3 Å². The molecule has 3 N–H and O–H groups in total. The third-order valence-corrected chi connectivity index (χ3v) is 3.55. The van der Waals surface area contributed by atoms with Crippen LogP contribution in [0.25, 0.3) is 0 Å². The molecular weight excluding hydrogens is 344 g/mol. The van der Waals surface area contributed by atoms with Gasteiger partial charge in [0.25, 0.3) is 5.91 Å². The zero-order valence-corrected chi connectivity index (χ0v) is 14.7. The van der Waals surface area contributed by atoms with Crippen molar-refractivity contribution < 1.29 is 19.0 Å². The molecule has 0 atom stereocenters. The van der Waals surface area contributed by atoms with E-state index in [-0.39, 0.29) is 6.61 Å². The van der Waals surface area contributed by atoms with Gasteiger partial charge < -0.3 is 25.3 Å². The summed E-state index contributed by atoms with van der Waals surface area (Å²) in [6, 6.07) is 13.2. The van der Waals surface area contributed by atoms with Crippen LogP contribution >= 0.6 is 11.6 Å². The Morgan fingerprint density at radius 2 is 1.96 bits per heavy atom. The Hall–Kier alpha value is -2.44. The SMILES string of the molecule is COc1cc(CNCCOc2ccccc2)cc(Cl)c1OCC(N)=O. The third kappa shape index (κ3) is 6.17. The molecule has 0 aliphatic rings. The molecule has 134 valence electrons. The quantitative estimate of drug-likeness (QED) is 0.632. The second-order valence-electron chi connectivity index (χ2n) is 5.20. The summed E-state index contributed by atoms with van der Waals surface area (Å²) in [4.78, 5) is 10.8. The van der Waals surface area contributed by atoms with Crippen molar-refractivity contribution in [3.8, 4) is 17.2 Å². The Morgan fingerprint density at radius 3 is 2.64 bits per heavy atom. The summed E-state index contributed by atoms with van der Waals surface area (Å²) >= 11 is 6.21. The fourth-order valence-electron chi connectivity index (χ4n) is 2.15. The predicted octanol–water partition coefficient (Wildman–Crippen LogP) is 2.38. The van der Waals surface area contributed by atoms with E-state index in [9.17, 15) is 4.79 Å². The van der Waals surface area contributed by atoms with E-state index in [1.165, 1.54) is 7.11 Å². The number of halogens is 1. The number of benzene rings is 2. The largest absolute Gasteiger partial charge is 0.493 e. The van der Waals surface area contributed by atoms with Crippen molar-refractivity contribution in [1.82, 2.24) is 5.32 Å². The van der Waals surface area contributed by atoms with Crippen molar-refractivity contribution in [3.05, 3.63) is 53.1 Å². The Kier molecular flexibility index (Phi) is 7.37. The summed E-state index contributed by atoms with van der Waals surface area (Å²) in [6.45, 7) is 1.55. The van der Waals surface area contributed by atoms with Gasteiger partial charge in [-0.25, -0.2) is 0 Å². The first-order chi connectivity index (χ1) is 12.1. The van der Waals surface area contributed by atoms with Crippen LogP contribution in [0.15, 0.2) is 42.5 Å². The second kappa shape index (κ2) is 9.76. The summed E-state index contributed by atoms with van der Waals surface area (Å²) in [5, 5.41) is 3.63. The number of carbonyl (C=O) groups is 1. The lowest BCUT2D eigenvalue weighted by Gasteiger charge is -2.14. The molecule has 25 heavy (non-hydrogen) atoms. The number of methoxy groups -OCH3 is 1. The lowest BCUT2D eigenvalue weighted by atomic mass is 10.2. The molecule has 0 unspecified atom stereocenters. The molecule has 0 aliphatic heterocycles. The van der Waals surface area contributed by atoms with Gasteiger partial charge in [0.1, 0.15) is 12.4 Å². The highest BCUT2D eigenvalue weighted by Gasteiger charge is 2.13. The number of hydrogen-bond donors (Lipinski definition) is 2. The van der Waals surface area contributed by atoms with Crippen LogP contribution in [0.5, 0.6) is 17.2 Å². The molecule has 0 fully saturated rings. The number of rotatable bonds is 10. The number of hydrogen-bond acceptors (Lipinski definition) is 5. The van der Waals surface area contributed by atoms with Gasteiger partial charge in [-0.1, -0.05) is 29.8 Å². The predicted molar refractivity (Wildman–Crippen MR) is 96.3 cm³/mol. The number of primary amides is 1. The summed E-state index contributed by atoms with van der Waals surface area (Å²) in [5.41, 5.74) is 6.00. The van der Waals surface area contributed by atoms with Gasteiger partial charge in [-0.05, 0) is 29.8 Å². The van der Waals surface area contributed by atoms with Crippen molar-refractivity contribution >= 4 is 17.5 Å².